The van der Waals surface area contributed by atoms with E-state index < -0.39 is 0 Å². The molecule has 4 unspecified atom stereocenters. The van der Waals surface area contributed by atoms with Crippen LogP contribution in [0.2, 0.25) is 0 Å². The summed E-state index contributed by atoms with van der Waals surface area (Å²) < 4.78 is 0. The second kappa shape index (κ2) is 4.87. The molecule has 3 heteroatoms. The topological polar surface area (TPSA) is 18.5 Å². The summed E-state index contributed by atoms with van der Waals surface area (Å²) in [6, 6.07) is 2.50. The fourth-order valence-corrected chi connectivity index (χ4v) is 4.18. The zero-order valence-electron chi connectivity index (χ0n) is 11.4. The molecule has 3 aliphatic rings. The molecule has 3 rings (SSSR count). The number of hydrogen-bond acceptors (Lipinski definition) is 3. The highest BCUT2D eigenvalue weighted by molar-refractivity contribution is 4.98. The molecule has 3 saturated heterocycles. The van der Waals surface area contributed by atoms with Gasteiger partial charge in [0.05, 0.1) is 0 Å². The number of nitrogens with one attached hydrogen (secondary N) is 1. The summed E-state index contributed by atoms with van der Waals surface area (Å²) in [5.41, 5.74) is 0. The molecule has 3 aliphatic heterocycles. The average Bonchev–Trinajstić information content (AvgIpc) is 2.96. The second-order valence-electron chi connectivity index (χ2n) is 6.54. The van der Waals surface area contributed by atoms with Gasteiger partial charge >= 0.3 is 0 Å². The van der Waals surface area contributed by atoms with E-state index >= 15 is 0 Å². The number of likely N-dealkylation sites (tertiary alicyclic amines) is 1. The largest absolute Gasteiger partial charge is 0.311 e. The smallest absolute Gasteiger partial charge is 0.0220 e. The summed E-state index contributed by atoms with van der Waals surface area (Å²) >= 11 is 0. The van der Waals surface area contributed by atoms with E-state index in [0.29, 0.717) is 0 Å². The van der Waals surface area contributed by atoms with Crippen molar-refractivity contribution < 1.29 is 0 Å². The van der Waals surface area contributed by atoms with Gasteiger partial charge in [-0.1, -0.05) is 0 Å². The highest BCUT2D eigenvalue weighted by Gasteiger charge is 2.39. The Morgan fingerprint density at radius 3 is 2.71 bits per heavy atom. The third-order valence-corrected chi connectivity index (χ3v) is 5.17. The third kappa shape index (κ3) is 2.51. The molecule has 0 aliphatic carbocycles. The molecular formula is C14H27N3. The standard InChI is InChI=1S/C14H27N3/c1-16(10-13-4-3-7-17(13)2)9-11-8-12-5-6-14(11)15-12/h11-15H,3-10H2,1-2H3. The van der Waals surface area contributed by atoms with Crippen molar-refractivity contribution in [3.8, 4) is 0 Å². The lowest BCUT2D eigenvalue weighted by Gasteiger charge is -2.30. The number of likely N-dealkylation sites (N-methyl/N-ethyl adjacent to an activating group) is 2. The quantitative estimate of drug-likeness (QED) is 0.791. The average molecular weight is 237 g/mol. The van der Waals surface area contributed by atoms with Crippen LogP contribution in [0.15, 0.2) is 0 Å². The Kier molecular flexibility index (Phi) is 3.42. The van der Waals surface area contributed by atoms with Crippen LogP contribution >= 0.6 is 0 Å². The lowest BCUT2D eigenvalue weighted by atomic mass is 9.89. The van der Waals surface area contributed by atoms with Gasteiger partial charge in [-0.25, -0.2) is 0 Å². The van der Waals surface area contributed by atoms with Crippen LogP contribution in [0, 0.1) is 5.92 Å². The predicted molar refractivity (Wildman–Crippen MR) is 71.2 cm³/mol. The van der Waals surface area contributed by atoms with Gasteiger partial charge in [-0.05, 0) is 58.7 Å². The minimum atomic E-state index is 0.812. The Morgan fingerprint density at radius 1 is 1.24 bits per heavy atom. The maximum absolute atomic E-state index is 3.75. The van der Waals surface area contributed by atoms with Crippen molar-refractivity contribution in [2.45, 2.75) is 50.2 Å². The fourth-order valence-electron chi connectivity index (χ4n) is 4.18. The van der Waals surface area contributed by atoms with E-state index in [2.05, 4.69) is 29.2 Å². The van der Waals surface area contributed by atoms with E-state index in [1.54, 1.807) is 0 Å². The van der Waals surface area contributed by atoms with Crippen LogP contribution in [0.3, 0.4) is 0 Å². The first-order chi connectivity index (χ1) is 8.22. The minimum Gasteiger partial charge on any atom is -0.311 e. The Balaban J connectivity index is 1.45. The van der Waals surface area contributed by atoms with E-state index in [1.165, 1.54) is 51.7 Å². The maximum Gasteiger partial charge on any atom is 0.0220 e. The van der Waals surface area contributed by atoms with Gasteiger partial charge in [0.1, 0.15) is 0 Å². The van der Waals surface area contributed by atoms with E-state index in [1.807, 2.05) is 0 Å². The Morgan fingerprint density at radius 2 is 2.12 bits per heavy atom. The third-order valence-electron chi connectivity index (χ3n) is 5.17. The molecule has 0 aromatic carbocycles. The van der Waals surface area contributed by atoms with Crippen molar-refractivity contribution >= 4 is 0 Å². The monoisotopic (exact) mass is 237 g/mol. The number of rotatable bonds is 4. The first-order valence-electron chi connectivity index (χ1n) is 7.37. The van der Waals surface area contributed by atoms with Crippen LogP contribution in [0.1, 0.15) is 32.1 Å². The lowest BCUT2D eigenvalue weighted by molar-refractivity contribution is 0.189. The summed E-state index contributed by atoms with van der Waals surface area (Å²) in [5.74, 6) is 0.922. The molecule has 1 N–H and O–H groups in total. The molecule has 4 atom stereocenters. The predicted octanol–water partition coefficient (Wildman–Crippen LogP) is 1.15. The molecule has 17 heavy (non-hydrogen) atoms. The molecule has 2 bridgehead atoms. The molecule has 0 amide bonds. The van der Waals surface area contributed by atoms with Gasteiger partial charge in [0, 0.05) is 31.2 Å². The summed E-state index contributed by atoms with van der Waals surface area (Å²) in [5, 5.41) is 3.75. The van der Waals surface area contributed by atoms with E-state index in [-0.39, 0.29) is 0 Å². The van der Waals surface area contributed by atoms with Gasteiger partial charge in [-0.15, -0.1) is 0 Å². The van der Waals surface area contributed by atoms with Crippen LogP contribution < -0.4 is 5.32 Å². The Labute approximate surface area is 106 Å². The highest BCUT2D eigenvalue weighted by Crippen LogP contribution is 2.33. The van der Waals surface area contributed by atoms with Crippen LogP contribution in [0.4, 0.5) is 0 Å². The van der Waals surface area contributed by atoms with Crippen LogP contribution in [0.25, 0.3) is 0 Å². The van der Waals surface area contributed by atoms with Gasteiger partial charge in [0.15, 0.2) is 0 Å². The molecule has 0 saturated carbocycles. The zero-order chi connectivity index (χ0) is 11.8. The number of hydrogen-bond donors (Lipinski definition) is 1. The van der Waals surface area contributed by atoms with E-state index in [0.717, 1.165) is 24.0 Å². The Hall–Kier alpha value is -0.120. The van der Waals surface area contributed by atoms with Crippen LogP contribution in [-0.2, 0) is 0 Å². The Bertz CT molecular complexity index is 268. The molecule has 3 nitrogen and oxygen atoms in total. The lowest BCUT2D eigenvalue weighted by Crippen LogP contribution is -2.40. The zero-order valence-corrected chi connectivity index (χ0v) is 11.4. The van der Waals surface area contributed by atoms with E-state index in [4.69, 9.17) is 0 Å². The second-order valence-corrected chi connectivity index (χ2v) is 6.54. The normalized spacial score (nSPS) is 41.8. The van der Waals surface area contributed by atoms with Crippen molar-refractivity contribution in [2.24, 2.45) is 5.92 Å². The molecule has 0 radical (unpaired) electrons. The van der Waals surface area contributed by atoms with Gasteiger partial charge in [-0.2, -0.15) is 0 Å². The van der Waals surface area contributed by atoms with Gasteiger partial charge in [-0.3, -0.25) is 0 Å². The molecule has 3 heterocycles. The number of fused-ring (bicyclic) bond motifs is 2. The molecule has 3 fully saturated rings. The first kappa shape index (κ1) is 11.9. The van der Waals surface area contributed by atoms with Gasteiger partial charge in [0.2, 0.25) is 0 Å². The maximum atomic E-state index is 3.75. The number of nitrogens with zero attached hydrogens (tertiary/aromatic N) is 2. The van der Waals surface area contributed by atoms with Crippen molar-refractivity contribution in [1.29, 1.82) is 0 Å². The summed E-state index contributed by atoms with van der Waals surface area (Å²) in [6.45, 7) is 3.87. The summed E-state index contributed by atoms with van der Waals surface area (Å²) in [4.78, 5) is 5.12. The first-order valence-corrected chi connectivity index (χ1v) is 7.37. The van der Waals surface area contributed by atoms with Crippen molar-refractivity contribution in [1.82, 2.24) is 15.1 Å². The summed E-state index contributed by atoms with van der Waals surface area (Å²) in [6.07, 6.45) is 7.07. The highest BCUT2D eigenvalue weighted by atomic mass is 15.2. The van der Waals surface area contributed by atoms with E-state index in [9.17, 15) is 0 Å². The minimum absolute atomic E-state index is 0.812. The summed E-state index contributed by atoms with van der Waals surface area (Å²) in [7, 11) is 4.60. The fraction of sp³-hybridized carbons (Fsp3) is 1.00. The molecule has 0 aromatic heterocycles. The molecule has 0 spiro atoms. The van der Waals surface area contributed by atoms with Gasteiger partial charge in [0.25, 0.3) is 0 Å². The van der Waals surface area contributed by atoms with Crippen LogP contribution in [0.5, 0.6) is 0 Å². The van der Waals surface area contributed by atoms with Crippen molar-refractivity contribution in [3.05, 3.63) is 0 Å². The SMILES string of the molecule is CN(CC1CC2CCC1N2)CC1CCCN1C. The van der Waals surface area contributed by atoms with Crippen LogP contribution in [-0.4, -0.2) is 61.7 Å². The van der Waals surface area contributed by atoms with Gasteiger partial charge < -0.3 is 15.1 Å². The molecular weight excluding hydrogens is 210 g/mol. The molecule has 0 aromatic rings. The van der Waals surface area contributed by atoms with Crippen molar-refractivity contribution in [2.75, 3.05) is 33.7 Å². The van der Waals surface area contributed by atoms with Crippen molar-refractivity contribution in [3.63, 3.8) is 0 Å². The molecule has 98 valence electrons.